The molecule has 1 aliphatic rings. The first-order valence-electron chi connectivity index (χ1n) is 23.1. The van der Waals surface area contributed by atoms with Crippen molar-refractivity contribution in [1.82, 2.24) is 9.62 Å². The van der Waals surface area contributed by atoms with Gasteiger partial charge in [0.2, 0.25) is 0 Å². The lowest BCUT2D eigenvalue weighted by molar-refractivity contribution is -0.137. The number of alkyl halides is 3. The van der Waals surface area contributed by atoms with Crippen LogP contribution in [0.5, 0.6) is 0 Å². The Morgan fingerprint density at radius 3 is 2.14 bits per heavy atom. The minimum atomic E-state index is -6.11. The van der Waals surface area contributed by atoms with Crippen molar-refractivity contribution in [2.75, 3.05) is 49.2 Å². The molecule has 1 aliphatic heterocycles. The average molecular weight is 1040 g/mol. The van der Waals surface area contributed by atoms with Crippen molar-refractivity contribution in [3.8, 4) is 11.1 Å². The molecule has 0 aliphatic carbocycles. The van der Waals surface area contributed by atoms with Crippen LogP contribution in [0.15, 0.2) is 136 Å². The first-order valence-corrected chi connectivity index (χ1v) is 27.4. The number of aliphatic carboxylic acids is 1. The number of nitrogens with one attached hydrogen (secondary N) is 2. The van der Waals surface area contributed by atoms with Crippen LogP contribution >= 0.6 is 23.4 Å². The maximum atomic E-state index is 14.3. The lowest BCUT2D eigenvalue weighted by Crippen LogP contribution is -2.36. The number of benzene rings is 5. The predicted molar refractivity (Wildman–Crippen MR) is 270 cm³/mol. The predicted octanol–water partition coefficient (Wildman–Crippen LogP) is 10.7. The molecule has 1 unspecified atom stereocenters. The SMILES string of the molecule is CN(CCCCCCCC(=O)O)CCC(CSc1ccccc1)Nc1ccc(S(=O)(=O)NC(=O)c2ccc(N3CCC([C@@H](O)c4ccccc4-c4ccc(Cl)cc4)CC3)cc2)cc1S(=O)(=O)C(F)(F)F. The van der Waals surface area contributed by atoms with E-state index in [1.54, 1.807) is 12.1 Å². The molecule has 5 aromatic rings. The van der Waals surface area contributed by atoms with Gasteiger partial charge in [-0.15, -0.1) is 11.8 Å². The van der Waals surface area contributed by atoms with Crippen LogP contribution in [0.4, 0.5) is 24.5 Å². The van der Waals surface area contributed by atoms with Gasteiger partial charge in [-0.2, -0.15) is 13.2 Å². The Balaban J connectivity index is 1.11. The molecule has 0 saturated carbocycles. The molecule has 0 radical (unpaired) electrons. The van der Waals surface area contributed by atoms with Crippen molar-refractivity contribution >= 4 is 66.5 Å². The van der Waals surface area contributed by atoms with Crippen LogP contribution in [0, 0.1) is 5.92 Å². The second-order valence-electron chi connectivity index (χ2n) is 17.4. The number of carboxylic acids is 1. The van der Waals surface area contributed by atoms with Crippen LogP contribution in [0.2, 0.25) is 5.02 Å². The molecular formula is C51H58ClF3N4O8S3. The summed E-state index contributed by atoms with van der Waals surface area (Å²) < 4.78 is 98.1. The summed E-state index contributed by atoms with van der Waals surface area (Å²) in [6.07, 6.45) is 5.19. The van der Waals surface area contributed by atoms with Crippen LogP contribution in [0.3, 0.4) is 0 Å². The average Bonchev–Trinajstić information content (AvgIpc) is 3.34. The van der Waals surface area contributed by atoms with Crippen molar-refractivity contribution in [1.29, 1.82) is 0 Å². The van der Waals surface area contributed by atoms with Gasteiger partial charge in [-0.3, -0.25) is 9.59 Å². The highest BCUT2D eigenvalue weighted by Crippen LogP contribution is 2.39. The van der Waals surface area contributed by atoms with Crippen molar-refractivity contribution < 1.29 is 49.8 Å². The highest BCUT2D eigenvalue weighted by atomic mass is 35.5. The van der Waals surface area contributed by atoms with Crippen LogP contribution in [0.25, 0.3) is 11.1 Å². The maximum absolute atomic E-state index is 14.3. The number of aliphatic hydroxyl groups excluding tert-OH is 1. The number of nitrogens with zero attached hydrogens (tertiary/aromatic N) is 2. The quantitative estimate of drug-likeness (QED) is 0.0341. The number of thioether (sulfide) groups is 1. The number of halogens is 4. The summed E-state index contributed by atoms with van der Waals surface area (Å²) in [4.78, 5) is 27.0. The first-order chi connectivity index (χ1) is 33.3. The van der Waals surface area contributed by atoms with E-state index < -0.39 is 64.9 Å². The van der Waals surface area contributed by atoms with Crippen LogP contribution in [-0.4, -0.2) is 94.4 Å². The zero-order chi connectivity index (χ0) is 50.5. The molecule has 0 aromatic heterocycles. The minimum absolute atomic E-state index is 0.0275. The van der Waals surface area contributed by atoms with E-state index in [9.17, 15) is 44.7 Å². The second-order valence-corrected chi connectivity index (χ2v) is 22.5. The molecule has 1 saturated heterocycles. The Kier molecular flexibility index (Phi) is 19.2. The fourth-order valence-corrected chi connectivity index (χ4v) is 11.5. The zero-order valence-corrected chi connectivity index (χ0v) is 41.9. The third-order valence-electron chi connectivity index (χ3n) is 12.3. The summed E-state index contributed by atoms with van der Waals surface area (Å²) in [6, 6.07) is 32.4. The summed E-state index contributed by atoms with van der Waals surface area (Å²) in [5.74, 6) is -1.60. The number of carboxylic acid groups (broad SMARTS) is 1. The smallest absolute Gasteiger partial charge is 0.481 e. The molecule has 0 bridgehead atoms. The monoisotopic (exact) mass is 1040 g/mol. The number of anilines is 2. The molecule has 0 spiro atoms. The number of carbonyl (C=O) groups is 2. The van der Waals surface area contributed by atoms with Crippen LogP contribution in [0.1, 0.15) is 79.8 Å². The van der Waals surface area contributed by atoms with Crippen LogP contribution < -0.4 is 14.9 Å². The molecule has 1 fully saturated rings. The normalized spacial score (nSPS) is 14.6. The van der Waals surface area contributed by atoms with E-state index >= 15 is 0 Å². The van der Waals surface area contributed by atoms with Gasteiger partial charge in [-0.05, 0) is 142 Å². The first kappa shape index (κ1) is 54.2. The minimum Gasteiger partial charge on any atom is -0.481 e. The van der Waals surface area contributed by atoms with E-state index in [0.717, 1.165) is 65.1 Å². The fraction of sp³-hybridized carbons (Fsp3) is 0.373. The fourth-order valence-electron chi connectivity index (χ4n) is 8.38. The number of hydrogen-bond acceptors (Lipinski definition) is 11. The number of sulfone groups is 1. The van der Waals surface area contributed by atoms with E-state index in [-0.39, 0.29) is 17.9 Å². The van der Waals surface area contributed by atoms with Gasteiger partial charge in [0.25, 0.3) is 25.8 Å². The molecule has 1 heterocycles. The summed E-state index contributed by atoms with van der Waals surface area (Å²) in [5.41, 5.74) is -2.83. The number of carbonyl (C=O) groups excluding carboxylic acids is 1. The Morgan fingerprint density at radius 2 is 1.47 bits per heavy atom. The summed E-state index contributed by atoms with van der Waals surface area (Å²) >= 11 is 7.52. The zero-order valence-electron chi connectivity index (χ0n) is 38.7. The number of sulfonamides is 1. The van der Waals surface area contributed by atoms with E-state index in [1.165, 1.54) is 23.9 Å². The van der Waals surface area contributed by atoms with E-state index in [0.29, 0.717) is 68.7 Å². The molecule has 12 nitrogen and oxygen atoms in total. The second kappa shape index (κ2) is 24.8. The third kappa shape index (κ3) is 15.0. The van der Waals surface area contributed by atoms with Gasteiger partial charge in [0.1, 0.15) is 4.90 Å². The largest absolute Gasteiger partial charge is 0.501 e. The highest BCUT2D eigenvalue weighted by molar-refractivity contribution is 7.99. The molecule has 376 valence electrons. The molecule has 2 atom stereocenters. The van der Waals surface area contributed by atoms with Gasteiger partial charge in [0.15, 0.2) is 0 Å². The molecule has 19 heteroatoms. The molecule has 70 heavy (non-hydrogen) atoms. The van der Waals surface area contributed by atoms with Gasteiger partial charge in [0, 0.05) is 52.5 Å². The Morgan fingerprint density at radius 1 is 0.829 bits per heavy atom. The number of amides is 1. The highest BCUT2D eigenvalue weighted by Gasteiger charge is 2.48. The molecule has 1 amide bonds. The van der Waals surface area contributed by atoms with Crippen molar-refractivity contribution in [3.05, 3.63) is 137 Å². The Bertz CT molecular complexity index is 2750. The van der Waals surface area contributed by atoms with Gasteiger partial charge in [0.05, 0.1) is 16.7 Å². The van der Waals surface area contributed by atoms with E-state index in [2.05, 4.69) is 15.1 Å². The van der Waals surface area contributed by atoms with Crippen molar-refractivity contribution in [3.63, 3.8) is 0 Å². The number of unbranched alkanes of at least 4 members (excludes halogenated alkanes) is 4. The molecule has 5 aromatic carbocycles. The maximum Gasteiger partial charge on any atom is 0.501 e. The molecule has 6 rings (SSSR count). The third-order valence-corrected chi connectivity index (χ3v) is 16.6. The number of rotatable bonds is 24. The molecule has 4 N–H and O–H groups in total. The van der Waals surface area contributed by atoms with Gasteiger partial charge in [-0.25, -0.2) is 21.6 Å². The number of hydrogen-bond donors (Lipinski definition) is 4. The Hall–Kier alpha value is -5.11. The van der Waals surface area contributed by atoms with Crippen molar-refractivity contribution in [2.45, 2.75) is 90.1 Å². The lowest BCUT2D eigenvalue weighted by Gasteiger charge is -2.36. The summed E-state index contributed by atoms with van der Waals surface area (Å²) in [6.45, 7) is 2.41. The van der Waals surface area contributed by atoms with Crippen molar-refractivity contribution in [2.24, 2.45) is 5.92 Å². The standard InChI is InChI=1S/C51H58ClF3N4O8S3/c1-58(30-11-4-2-3-8-16-48(60)61)31-29-40(35-68-42-12-6-5-7-13-42)56-46-26-25-43(34-47(46)69(64,65)51(53,54)55)70(66,67)57-50(63)38-19-23-41(24-20-38)59-32-27-37(28-33-59)49(62)45-15-10-9-14-44(45)36-17-21-39(52)22-18-36/h5-7,9-10,12-15,17-26,34,37,40,49,56,62H,2-4,8,11,16,27-33,35H2,1H3,(H,57,63)(H,60,61)/t40?,49-/m1/s1. The summed E-state index contributed by atoms with van der Waals surface area (Å²) in [7, 11) is -9.10. The Labute approximate surface area is 417 Å². The van der Waals surface area contributed by atoms with Gasteiger partial charge < -0.3 is 25.3 Å². The lowest BCUT2D eigenvalue weighted by atomic mass is 9.84. The molecular weight excluding hydrogens is 985 g/mol. The number of aliphatic hydroxyl groups is 1. The van der Waals surface area contributed by atoms with E-state index in [4.69, 9.17) is 16.7 Å². The van der Waals surface area contributed by atoms with Gasteiger partial charge in [-0.1, -0.05) is 85.5 Å². The van der Waals surface area contributed by atoms with Gasteiger partial charge >= 0.3 is 11.5 Å². The number of piperidine rings is 1. The van der Waals surface area contributed by atoms with Crippen LogP contribution in [-0.2, 0) is 24.7 Å². The topological polar surface area (TPSA) is 173 Å². The van der Waals surface area contributed by atoms with E-state index in [1.807, 2.05) is 90.6 Å². The summed E-state index contributed by atoms with van der Waals surface area (Å²) in [5, 5.41) is 24.0.